The van der Waals surface area contributed by atoms with Crippen molar-refractivity contribution < 1.29 is 9.59 Å². The van der Waals surface area contributed by atoms with E-state index in [1.807, 2.05) is 19.9 Å². The minimum absolute atomic E-state index is 0.0191. The van der Waals surface area contributed by atoms with Gasteiger partial charge in [-0.2, -0.15) is 0 Å². The fraction of sp³-hybridized carbons (Fsp3) is 0.600. The van der Waals surface area contributed by atoms with Crippen molar-refractivity contribution in [3.63, 3.8) is 0 Å². The number of β-lactam (4-membered cyclic amide) rings is 1. The highest BCUT2D eigenvalue weighted by Gasteiger charge is 2.49. The number of carbonyl (C=O) groups excluding carboxylic acids is 2. The van der Waals surface area contributed by atoms with E-state index >= 15 is 0 Å². The normalized spacial score (nSPS) is 43.2. The van der Waals surface area contributed by atoms with Gasteiger partial charge in [-0.25, -0.2) is 0 Å². The van der Waals surface area contributed by atoms with Gasteiger partial charge in [-0.05, 0) is 12.0 Å². The average molecular weight is 179 g/mol. The Morgan fingerprint density at radius 2 is 2.08 bits per heavy atom. The molecule has 2 aliphatic rings. The molecule has 0 bridgehead atoms. The fourth-order valence-corrected chi connectivity index (χ4v) is 2.11. The molecule has 0 saturated carbocycles. The van der Waals surface area contributed by atoms with E-state index in [0.29, 0.717) is 6.42 Å². The third-order valence-corrected chi connectivity index (χ3v) is 3.38. The minimum atomic E-state index is -0.218. The predicted molar refractivity (Wildman–Crippen MR) is 48.0 cm³/mol. The summed E-state index contributed by atoms with van der Waals surface area (Å²) in [7, 11) is 0. The zero-order valence-electron chi connectivity index (χ0n) is 7.83. The molecule has 1 spiro atoms. The van der Waals surface area contributed by atoms with Gasteiger partial charge in [0, 0.05) is 5.92 Å². The lowest BCUT2D eigenvalue weighted by molar-refractivity contribution is -0.136. The van der Waals surface area contributed by atoms with Crippen LogP contribution in [0, 0.1) is 11.8 Å². The topological polar surface area (TPSA) is 46.2 Å². The maximum atomic E-state index is 11.3. The van der Waals surface area contributed by atoms with Crippen LogP contribution in [-0.4, -0.2) is 17.2 Å². The van der Waals surface area contributed by atoms with Crippen molar-refractivity contribution in [1.29, 1.82) is 0 Å². The molecule has 3 atom stereocenters. The first-order chi connectivity index (χ1) is 6.05. The molecule has 1 heterocycles. The summed E-state index contributed by atoms with van der Waals surface area (Å²) in [6.07, 6.45) is 3.98. The Kier molecular flexibility index (Phi) is 1.59. The first-order valence-electron chi connectivity index (χ1n) is 4.59. The van der Waals surface area contributed by atoms with Gasteiger partial charge in [0.1, 0.15) is 0 Å². The molecule has 0 aromatic carbocycles. The van der Waals surface area contributed by atoms with Crippen LogP contribution in [0.3, 0.4) is 0 Å². The summed E-state index contributed by atoms with van der Waals surface area (Å²) in [4.78, 5) is 22.2. The largest absolute Gasteiger partial charge is 0.346 e. The molecule has 1 fully saturated rings. The van der Waals surface area contributed by atoms with E-state index < -0.39 is 0 Å². The highest BCUT2D eigenvalue weighted by Crippen LogP contribution is 2.38. The van der Waals surface area contributed by atoms with Gasteiger partial charge >= 0.3 is 0 Å². The van der Waals surface area contributed by atoms with Gasteiger partial charge in [-0.15, -0.1) is 0 Å². The van der Waals surface area contributed by atoms with Gasteiger partial charge in [-0.3, -0.25) is 9.59 Å². The van der Waals surface area contributed by atoms with E-state index in [-0.39, 0.29) is 29.1 Å². The molecule has 0 aromatic rings. The van der Waals surface area contributed by atoms with E-state index in [1.54, 1.807) is 6.08 Å². The number of rotatable bonds is 0. The molecule has 1 aliphatic heterocycles. The Morgan fingerprint density at radius 1 is 1.46 bits per heavy atom. The monoisotopic (exact) mass is 179 g/mol. The second kappa shape index (κ2) is 2.44. The smallest absolute Gasteiger partial charge is 0.223 e. The average Bonchev–Trinajstić information content (AvgIpc) is 2.05. The number of hydrogen-bond donors (Lipinski definition) is 1. The zero-order valence-corrected chi connectivity index (χ0v) is 7.83. The van der Waals surface area contributed by atoms with Crippen molar-refractivity contribution in [1.82, 2.24) is 5.32 Å². The lowest BCUT2D eigenvalue weighted by atomic mass is 9.67. The quantitative estimate of drug-likeness (QED) is 0.555. The van der Waals surface area contributed by atoms with Crippen LogP contribution in [0.4, 0.5) is 0 Å². The molecule has 13 heavy (non-hydrogen) atoms. The summed E-state index contributed by atoms with van der Waals surface area (Å²) < 4.78 is 0. The van der Waals surface area contributed by atoms with Crippen LogP contribution in [-0.2, 0) is 9.59 Å². The van der Waals surface area contributed by atoms with E-state index in [1.165, 1.54) is 0 Å². The van der Waals surface area contributed by atoms with E-state index in [9.17, 15) is 9.59 Å². The van der Waals surface area contributed by atoms with Crippen LogP contribution in [0.15, 0.2) is 12.2 Å². The molecule has 1 N–H and O–H groups in total. The van der Waals surface area contributed by atoms with Gasteiger partial charge in [-0.1, -0.05) is 19.9 Å². The van der Waals surface area contributed by atoms with Crippen LogP contribution in [0.25, 0.3) is 0 Å². The summed E-state index contributed by atoms with van der Waals surface area (Å²) >= 11 is 0. The van der Waals surface area contributed by atoms with Gasteiger partial charge in [0.25, 0.3) is 0 Å². The lowest BCUT2D eigenvalue weighted by Gasteiger charge is -2.48. The van der Waals surface area contributed by atoms with Crippen molar-refractivity contribution in [2.75, 3.05) is 0 Å². The summed E-state index contributed by atoms with van der Waals surface area (Å²) in [6.45, 7) is 3.94. The number of carbonyl (C=O) groups is 2. The Labute approximate surface area is 77.2 Å². The van der Waals surface area contributed by atoms with Crippen molar-refractivity contribution >= 4 is 11.7 Å². The van der Waals surface area contributed by atoms with E-state index in [0.717, 1.165) is 0 Å². The first kappa shape index (κ1) is 8.48. The van der Waals surface area contributed by atoms with Crippen LogP contribution in [0.5, 0.6) is 0 Å². The highest BCUT2D eigenvalue weighted by atomic mass is 16.2. The number of ketones is 1. The molecule has 70 valence electrons. The molecular weight excluding hydrogens is 166 g/mol. The van der Waals surface area contributed by atoms with Gasteiger partial charge in [0.15, 0.2) is 5.78 Å². The SMILES string of the molecule is C[C@@H]1C(=O)C=CC2(CC(=O)N2)[C@@H]1C. The second-order valence-electron chi connectivity index (χ2n) is 4.08. The summed E-state index contributed by atoms with van der Waals surface area (Å²) in [6, 6.07) is 0. The van der Waals surface area contributed by atoms with Crippen LogP contribution in [0.1, 0.15) is 20.3 Å². The second-order valence-corrected chi connectivity index (χ2v) is 4.08. The van der Waals surface area contributed by atoms with Crippen LogP contribution < -0.4 is 5.32 Å². The maximum Gasteiger partial charge on any atom is 0.223 e. The standard InChI is InChI=1S/C10H13NO2/c1-6-7(2)10(4-3-8(6)12)5-9(13)11-10/h3-4,6-7H,5H2,1-2H3,(H,11,13)/t6-,7+,10?/m0/s1. The summed E-state index contributed by atoms with van der Waals surface area (Å²) in [5.74, 6) is 0.477. The maximum absolute atomic E-state index is 11.3. The molecule has 3 nitrogen and oxygen atoms in total. The highest BCUT2D eigenvalue weighted by molar-refractivity contribution is 5.95. The molecule has 1 aliphatic carbocycles. The van der Waals surface area contributed by atoms with Gasteiger partial charge < -0.3 is 5.32 Å². The third kappa shape index (κ3) is 1.03. The number of amides is 1. The fourth-order valence-electron chi connectivity index (χ4n) is 2.11. The Hall–Kier alpha value is -1.12. The molecule has 1 unspecified atom stereocenters. The molecule has 3 heteroatoms. The van der Waals surface area contributed by atoms with Crippen molar-refractivity contribution in [3.05, 3.63) is 12.2 Å². The number of allylic oxidation sites excluding steroid dienone is 1. The van der Waals surface area contributed by atoms with Crippen molar-refractivity contribution in [3.8, 4) is 0 Å². The van der Waals surface area contributed by atoms with E-state index in [2.05, 4.69) is 5.32 Å². The Bertz CT molecular complexity index is 298. The Balaban J connectivity index is 2.28. The molecule has 0 aromatic heterocycles. The zero-order chi connectivity index (χ0) is 9.64. The first-order valence-corrected chi connectivity index (χ1v) is 4.59. The molecule has 1 saturated heterocycles. The van der Waals surface area contributed by atoms with Gasteiger partial charge in [0.2, 0.25) is 5.91 Å². The lowest BCUT2D eigenvalue weighted by Crippen LogP contribution is -2.66. The van der Waals surface area contributed by atoms with Crippen LogP contribution in [0.2, 0.25) is 0 Å². The van der Waals surface area contributed by atoms with Gasteiger partial charge in [0.05, 0.1) is 12.0 Å². The summed E-state index contributed by atoms with van der Waals surface area (Å²) in [5.41, 5.74) is -0.218. The minimum Gasteiger partial charge on any atom is -0.346 e. The Morgan fingerprint density at radius 3 is 2.62 bits per heavy atom. The molecule has 1 amide bonds. The molecule has 2 rings (SSSR count). The van der Waals surface area contributed by atoms with Crippen molar-refractivity contribution in [2.45, 2.75) is 25.8 Å². The molecule has 0 radical (unpaired) electrons. The predicted octanol–water partition coefficient (Wildman–Crippen LogP) is 0.656. The number of nitrogens with one attached hydrogen (secondary N) is 1. The third-order valence-electron chi connectivity index (χ3n) is 3.38. The van der Waals surface area contributed by atoms with Crippen LogP contribution >= 0.6 is 0 Å². The number of hydrogen-bond acceptors (Lipinski definition) is 2. The molecular formula is C10H13NO2. The summed E-state index contributed by atoms with van der Waals surface area (Å²) in [5, 5.41) is 2.88. The van der Waals surface area contributed by atoms with Crippen molar-refractivity contribution in [2.24, 2.45) is 11.8 Å². The van der Waals surface area contributed by atoms with E-state index in [4.69, 9.17) is 0 Å².